The van der Waals surface area contributed by atoms with E-state index in [2.05, 4.69) is 66.0 Å². The van der Waals surface area contributed by atoms with Gasteiger partial charge in [-0.3, -0.25) is 0 Å². The van der Waals surface area contributed by atoms with E-state index in [0.29, 0.717) is 22.1 Å². The number of benzene rings is 7. The van der Waals surface area contributed by atoms with Gasteiger partial charge in [0.25, 0.3) is 0 Å². The predicted molar refractivity (Wildman–Crippen MR) is 222 cm³/mol. The highest BCUT2D eigenvalue weighted by molar-refractivity contribution is 7.79. The van der Waals surface area contributed by atoms with Crippen molar-refractivity contribution in [2.45, 2.75) is 23.7 Å². The van der Waals surface area contributed by atoms with Crippen LogP contribution in [-0.4, -0.2) is 23.7 Å². The van der Waals surface area contributed by atoms with Crippen LogP contribution in [0.2, 0.25) is 0 Å². The molecule has 2 atom stereocenters. The van der Waals surface area contributed by atoms with Crippen LogP contribution < -0.4 is 5.32 Å². The zero-order valence-electron chi connectivity index (χ0n) is 29.8. The minimum absolute atomic E-state index is 0.0798. The molecule has 0 fully saturated rings. The van der Waals surface area contributed by atoms with Crippen molar-refractivity contribution in [3.63, 3.8) is 0 Å². The molecule has 1 heterocycles. The molecule has 8 aromatic rings. The van der Waals surface area contributed by atoms with Crippen molar-refractivity contribution >= 4 is 22.5 Å². The topological polar surface area (TPSA) is 88.0 Å². The molecule has 266 valence electrons. The van der Waals surface area contributed by atoms with Gasteiger partial charge in [0.1, 0.15) is 5.82 Å². The molecule has 0 amide bonds. The van der Waals surface area contributed by atoms with Gasteiger partial charge in [0, 0.05) is 39.5 Å². The minimum Gasteiger partial charge on any atom is -0.355 e. The summed E-state index contributed by atoms with van der Waals surface area (Å²) >= 11 is -2.17. The summed E-state index contributed by atoms with van der Waals surface area (Å²) in [7, 11) is 0. The molecular weight excluding hydrogens is 697 g/mol. The molecule has 7 aromatic carbocycles. The maximum Gasteiger partial charge on any atom is 0.187 e. The van der Waals surface area contributed by atoms with Crippen molar-refractivity contribution in [2.75, 3.05) is 5.32 Å². The van der Waals surface area contributed by atoms with E-state index in [0.717, 1.165) is 63.4 Å². The Hall–Kier alpha value is -6.54. The lowest BCUT2D eigenvalue weighted by atomic mass is 9.87. The van der Waals surface area contributed by atoms with Gasteiger partial charge in [-0.05, 0) is 82.6 Å². The summed E-state index contributed by atoms with van der Waals surface area (Å²) in [5.74, 6) is 1.99. The highest BCUT2D eigenvalue weighted by Gasteiger charge is 2.28. The molecule has 1 aliphatic rings. The van der Waals surface area contributed by atoms with E-state index in [4.69, 9.17) is 15.0 Å². The summed E-state index contributed by atoms with van der Waals surface area (Å²) in [6.07, 6.45) is 1.71. The fourth-order valence-corrected chi connectivity index (χ4v) is 8.11. The SMILES string of the molecule is O=S(O)c1ccccc1-c1cc(-c2ccc3c(c2)-c2ccccc2CCC3c2nc(-c3ccccc3)nc(-c3ccccc3)n2)ccc1Nc1ccccc1. The van der Waals surface area contributed by atoms with E-state index in [1.807, 2.05) is 103 Å². The van der Waals surface area contributed by atoms with E-state index in [1.54, 1.807) is 12.1 Å². The standard InChI is InChI=1S/C48H36N4O2S/c53-55(54)45-23-13-12-22-40(45)43-31-36(26-29-44(43)49-37-19-8-3-9-20-37)35-25-27-39-41(28-24-32-14-10-11-21-38(32)42(39)30-35)48-51-46(33-15-4-1-5-16-33)50-47(52-48)34-17-6-2-7-18-34/h1-23,25-27,29-31,41,49H,24,28H2,(H,53,54). The zero-order chi connectivity index (χ0) is 37.1. The summed E-state index contributed by atoms with van der Waals surface area (Å²) in [6.45, 7) is 0. The van der Waals surface area contributed by atoms with Gasteiger partial charge >= 0.3 is 0 Å². The number of aryl methyl sites for hydroxylation is 1. The number of fused-ring (bicyclic) bond motifs is 3. The van der Waals surface area contributed by atoms with Crippen LogP contribution >= 0.6 is 0 Å². The van der Waals surface area contributed by atoms with Crippen molar-refractivity contribution in [3.8, 4) is 56.2 Å². The maximum atomic E-state index is 12.6. The van der Waals surface area contributed by atoms with Gasteiger partial charge in [0.15, 0.2) is 22.7 Å². The molecular formula is C48H36N4O2S. The predicted octanol–water partition coefficient (Wildman–Crippen LogP) is 11.6. The normalized spacial score (nSPS) is 13.9. The number of aromatic nitrogens is 3. The lowest BCUT2D eigenvalue weighted by Crippen LogP contribution is -2.11. The Balaban J connectivity index is 1.20. The van der Waals surface area contributed by atoms with Crippen LogP contribution in [0.5, 0.6) is 0 Å². The first kappa shape index (κ1) is 34.2. The molecule has 0 saturated carbocycles. The lowest BCUT2D eigenvalue weighted by molar-refractivity contribution is 0.564. The van der Waals surface area contributed by atoms with E-state index < -0.39 is 11.1 Å². The molecule has 6 nitrogen and oxygen atoms in total. The van der Waals surface area contributed by atoms with E-state index in [1.165, 1.54) is 16.7 Å². The monoisotopic (exact) mass is 732 g/mol. The summed E-state index contributed by atoms with van der Waals surface area (Å²) in [4.78, 5) is 15.7. The lowest BCUT2D eigenvalue weighted by Gasteiger charge is -2.20. The molecule has 2 unspecified atom stereocenters. The molecule has 1 aliphatic carbocycles. The van der Waals surface area contributed by atoms with Crippen molar-refractivity contribution < 1.29 is 8.76 Å². The van der Waals surface area contributed by atoms with Gasteiger partial charge in [0.05, 0.1) is 4.90 Å². The second kappa shape index (κ2) is 15.1. The second-order valence-electron chi connectivity index (χ2n) is 13.6. The summed E-state index contributed by atoms with van der Waals surface area (Å²) < 4.78 is 22.9. The number of rotatable bonds is 8. The molecule has 2 N–H and O–H groups in total. The van der Waals surface area contributed by atoms with E-state index in [9.17, 15) is 8.76 Å². The zero-order valence-corrected chi connectivity index (χ0v) is 30.7. The van der Waals surface area contributed by atoms with Gasteiger partial charge in [-0.1, -0.05) is 140 Å². The number of hydrogen-bond acceptors (Lipinski definition) is 5. The number of hydrogen-bond donors (Lipinski definition) is 2. The Bertz CT molecular complexity index is 2610. The van der Waals surface area contributed by atoms with Crippen molar-refractivity contribution in [2.24, 2.45) is 0 Å². The average Bonchev–Trinajstić information content (AvgIpc) is 3.41. The molecule has 0 bridgehead atoms. The first-order chi connectivity index (χ1) is 27.1. The molecule has 1 aromatic heterocycles. The third kappa shape index (κ3) is 6.99. The summed E-state index contributed by atoms with van der Waals surface area (Å²) in [5.41, 5.74) is 12.0. The largest absolute Gasteiger partial charge is 0.355 e. The first-order valence-electron chi connectivity index (χ1n) is 18.3. The van der Waals surface area contributed by atoms with Crippen LogP contribution in [0.4, 0.5) is 11.4 Å². The second-order valence-corrected chi connectivity index (χ2v) is 14.6. The van der Waals surface area contributed by atoms with Crippen LogP contribution in [0.3, 0.4) is 0 Å². The molecule has 0 radical (unpaired) electrons. The molecule has 9 rings (SSSR count). The molecule has 0 spiro atoms. The minimum atomic E-state index is -2.17. The highest BCUT2D eigenvalue weighted by atomic mass is 32.2. The maximum absolute atomic E-state index is 12.6. The van der Waals surface area contributed by atoms with Gasteiger partial charge in [-0.25, -0.2) is 19.2 Å². The first-order valence-corrected chi connectivity index (χ1v) is 19.5. The summed E-state index contributed by atoms with van der Waals surface area (Å²) in [6, 6.07) is 59.1. The Morgan fingerprint density at radius 2 is 1.09 bits per heavy atom. The number of para-hydroxylation sites is 1. The van der Waals surface area contributed by atoms with Crippen LogP contribution in [-0.2, 0) is 17.5 Å². The van der Waals surface area contributed by atoms with Gasteiger partial charge in [-0.15, -0.1) is 0 Å². The fourth-order valence-electron chi connectivity index (χ4n) is 7.55. The van der Waals surface area contributed by atoms with Crippen LogP contribution in [0.1, 0.15) is 29.3 Å². The quantitative estimate of drug-likeness (QED) is 0.151. The summed E-state index contributed by atoms with van der Waals surface area (Å²) in [5, 5.41) is 3.54. The van der Waals surface area contributed by atoms with Gasteiger partial charge in [-0.2, -0.15) is 0 Å². The van der Waals surface area contributed by atoms with Crippen LogP contribution in [0.25, 0.3) is 56.2 Å². The van der Waals surface area contributed by atoms with E-state index >= 15 is 0 Å². The Morgan fingerprint density at radius 3 is 1.76 bits per heavy atom. The van der Waals surface area contributed by atoms with Crippen LogP contribution in [0.15, 0.2) is 181 Å². The van der Waals surface area contributed by atoms with Crippen molar-refractivity contribution in [1.82, 2.24) is 15.0 Å². The molecule has 7 heteroatoms. The third-order valence-corrected chi connectivity index (χ3v) is 11.0. The van der Waals surface area contributed by atoms with E-state index in [-0.39, 0.29) is 5.92 Å². The molecule has 0 aliphatic heterocycles. The molecule has 55 heavy (non-hydrogen) atoms. The number of nitrogens with one attached hydrogen (secondary N) is 1. The van der Waals surface area contributed by atoms with Gasteiger partial charge in [0.2, 0.25) is 0 Å². The Morgan fingerprint density at radius 1 is 0.527 bits per heavy atom. The van der Waals surface area contributed by atoms with Crippen LogP contribution in [0, 0.1) is 0 Å². The Kier molecular flexibility index (Phi) is 9.38. The molecule has 0 saturated heterocycles. The Labute approximate surface area is 323 Å². The third-order valence-electron chi connectivity index (χ3n) is 10.2. The van der Waals surface area contributed by atoms with Crippen molar-refractivity contribution in [1.29, 1.82) is 0 Å². The number of anilines is 2. The smallest absolute Gasteiger partial charge is 0.187 e. The highest BCUT2D eigenvalue weighted by Crippen LogP contribution is 2.44. The fraction of sp³-hybridized carbons (Fsp3) is 0.0625. The average molecular weight is 733 g/mol. The van der Waals surface area contributed by atoms with Crippen molar-refractivity contribution in [3.05, 3.63) is 193 Å². The number of nitrogens with zero attached hydrogens (tertiary/aromatic N) is 3. The van der Waals surface area contributed by atoms with Gasteiger partial charge < -0.3 is 9.87 Å².